The minimum atomic E-state index is -0.733. The van der Waals surface area contributed by atoms with Gasteiger partial charge in [0.2, 0.25) is 0 Å². The maximum atomic E-state index is 11.2. The molecular weight excluding hydrogens is 376 g/mol. The van der Waals surface area contributed by atoms with E-state index in [0.717, 1.165) is 23.3 Å². The van der Waals surface area contributed by atoms with Gasteiger partial charge in [-0.05, 0) is 35.7 Å². The minimum absolute atomic E-state index is 0.00298. The first-order chi connectivity index (χ1) is 13.9. The molecule has 2 N–H and O–H groups in total. The van der Waals surface area contributed by atoms with Gasteiger partial charge in [-0.3, -0.25) is 25.7 Å². The molecule has 0 unspecified atom stereocenters. The molecule has 0 aromatic heterocycles. The van der Waals surface area contributed by atoms with Crippen LogP contribution < -0.4 is 5.43 Å². The number of phenols is 1. The second-order valence-corrected chi connectivity index (χ2v) is 6.14. The largest absolute Gasteiger partial charge is 0.507 e. The molecule has 0 atom stereocenters. The van der Waals surface area contributed by atoms with E-state index in [1.165, 1.54) is 12.3 Å². The first-order valence-corrected chi connectivity index (χ1v) is 8.52. The summed E-state index contributed by atoms with van der Waals surface area (Å²) in [7, 11) is 0. The summed E-state index contributed by atoms with van der Waals surface area (Å²) in [5.41, 5.74) is 4.13. The fourth-order valence-electron chi connectivity index (χ4n) is 2.70. The van der Waals surface area contributed by atoms with Crippen molar-refractivity contribution in [1.82, 2.24) is 0 Å². The third-order valence-electron chi connectivity index (χ3n) is 4.12. The van der Waals surface area contributed by atoms with Crippen LogP contribution in [0.15, 0.2) is 71.8 Å². The molecular formula is C20H16N4O5. The highest BCUT2D eigenvalue weighted by atomic mass is 16.6. The Balaban J connectivity index is 1.79. The van der Waals surface area contributed by atoms with Gasteiger partial charge in [-0.15, -0.1) is 0 Å². The van der Waals surface area contributed by atoms with Gasteiger partial charge in [-0.1, -0.05) is 36.4 Å². The topological polar surface area (TPSA) is 131 Å². The molecule has 0 amide bonds. The number of hydrogen-bond donors (Lipinski definition) is 2. The van der Waals surface area contributed by atoms with Crippen molar-refractivity contribution in [2.75, 3.05) is 5.43 Å². The van der Waals surface area contributed by atoms with Crippen molar-refractivity contribution in [3.05, 3.63) is 104 Å². The Kier molecular flexibility index (Phi) is 5.79. The predicted octanol–water partition coefficient (Wildman–Crippen LogP) is 4.25. The number of hydrazone groups is 1. The normalized spacial score (nSPS) is 10.8. The van der Waals surface area contributed by atoms with Gasteiger partial charge in [-0.25, -0.2) is 0 Å². The van der Waals surface area contributed by atoms with Crippen molar-refractivity contribution >= 4 is 23.3 Å². The Morgan fingerprint density at radius 3 is 2.38 bits per heavy atom. The highest BCUT2D eigenvalue weighted by Crippen LogP contribution is 2.29. The standard InChI is InChI=1S/C20H16N4O5/c25-20-9-6-15(10-14-4-2-1-3-5-14)11-16(20)13-21-22-18-8-7-17(23(26)27)12-19(18)24(28)29/h1-9,11-13,22,25H,10H2. The van der Waals surface area contributed by atoms with Crippen molar-refractivity contribution < 1.29 is 15.0 Å². The van der Waals surface area contributed by atoms with Crippen LogP contribution in [0.3, 0.4) is 0 Å². The summed E-state index contributed by atoms with van der Waals surface area (Å²) < 4.78 is 0. The van der Waals surface area contributed by atoms with Gasteiger partial charge >= 0.3 is 5.69 Å². The molecule has 3 aromatic rings. The van der Waals surface area contributed by atoms with Crippen LogP contribution in [0.1, 0.15) is 16.7 Å². The summed E-state index contributed by atoms with van der Waals surface area (Å²) in [4.78, 5) is 20.5. The third-order valence-corrected chi connectivity index (χ3v) is 4.12. The number of nitro benzene ring substituents is 2. The second kappa shape index (κ2) is 8.61. The van der Waals surface area contributed by atoms with E-state index in [0.29, 0.717) is 12.0 Å². The van der Waals surface area contributed by atoms with Crippen molar-refractivity contribution in [3.8, 4) is 5.75 Å². The number of benzene rings is 3. The van der Waals surface area contributed by atoms with E-state index in [4.69, 9.17) is 0 Å². The number of anilines is 1. The second-order valence-electron chi connectivity index (χ2n) is 6.14. The number of rotatable bonds is 7. The van der Waals surface area contributed by atoms with Gasteiger partial charge in [0.25, 0.3) is 5.69 Å². The summed E-state index contributed by atoms with van der Waals surface area (Å²) in [5, 5.41) is 35.9. The number of phenolic OH excluding ortho intramolecular Hbond substituents is 1. The van der Waals surface area contributed by atoms with Gasteiger partial charge in [0.1, 0.15) is 11.4 Å². The first kappa shape index (κ1) is 19.5. The van der Waals surface area contributed by atoms with Gasteiger partial charge in [-0.2, -0.15) is 5.10 Å². The van der Waals surface area contributed by atoms with Crippen molar-refractivity contribution in [2.45, 2.75) is 6.42 Å². The van der Waals surface area contributed by atoms with E-state index in [-0.39, 0.29) is 11.4 Å². The molecule has 0 aliphatic carbocycles. The molecule has 29 heavy (non-hydrogen) atoms. The maximum Gasteiger partial charge on any atom is 0.301 e. The zero-order valence-corrected chi connectivity index (χ0v) is 15.1. The molecule has 0 spiro atoms. The minimum Gasteiger partial charge on any atom is -0.507 e. The molecule has 0 radical (unpaired) electrons. The van der Waals surface area contributed by atoms with Gasteiger partial charge in [0.15, 0.2) is 0 Å². The molecule has 0 heterocycles. The molecule has 0 aliphatic heterocycles. The Morgan fingerprint density at radius 1 is 0.931 bits per heavy atom. The fourth-order valence-corrected chi connectivity index (χ4v) is 2.70. The number of nitrogens with one attached hydrogen (secondary N) is 1. The van der Waals surface area contributed by atoms with Gasteiger partial charge in [0.05, 0.1) is 22.1 Å². The zero-order chi connectivity index (χ0) is 20.8. The maximum absolute atomic E-state index is 11.2. The van der Waals surface area contributed by atoms with Gasteiger partial charge in [0, 0.05) is 11.6 Å². The van der Waals surface area contributed by atoms with Crippen molar-refractivity contribution in [1.29, 1.82) is 0 Å². The quantitative estimate of drug-likeness (QED) is 0.351. The van der Waals surface area contributed by atoms with Crippen LogP contribution in [0.5, 0.6) is 5.75 Å². The lowest BCUT2D eigenvalue weighted by molar-refractivity contribution is -0.393. The van der Waals surface area contributed by atoms with Crippen LogP contribution in [0, 0.1) is 20.2 Å². The number of nitrogens with zero attached hydrogens (tertiary/aromatic N) is 3. The molecule has 9 heteroatoms. The van der Waals surface area contributed by atoms with E-state index >= 15 is 0 Å². The summed E-state index contributed by atoms with van der Waals surface area (Å²) in [5.74, 6) is 0.00515. The molecule has 0 saturated carbocycles. The predicted molar refractivity (Wildman–Crippen MR) is 108 cm³/mol. The molecule has 0 saturated heterocycles. The number of non-ortho nitro benzene ring substituents is 1. The zero-order valence-electron chi connectivity index (χ0n) is 15.1. The number of hydrogen-bond acceptors (Lipinski definition) is 7. The lowest BCUT2D eigenvalue weighted by atomic mass is 10.0. The van der Waals surface area contributed by atoms with Crippen molar-refractivity contribution in [2.24, 2.45) is 5.10 Å². The summed E-state index contributed by atoms with van der Waals surface area (Å²) >= 11 is 0. The first-order valence-electron chi connectivity index (χ1n) is 8.52. The highest BCUT2D eigenvalue weighted by Gasteiger charge is 2.19. The van der Waals surface area contributed by atoms with Crippen LogP contribution in [-0.2, 0) is 6.42 Å². The molecule has 3 aromatic carbocycles. The smallest absolute Gasteiger partial charge is 0.301 e. The van der Waals surface area contributed by atoms with E-state index in [1.807, 2.05) is 30.3 Å². The Hall–Kier alpha value is -4.27. The Labute approximate surface area is 165 Å². The molecule has 0 aliphatic rings. The molecule has 146 valence electrons. The Morgan fingerprint density at radius 2 is 1.69 bits per heavy atom. The molecule has 3 rings (SSSR count). The van der Waals surface area contributed by atoms with Crippen LogP contribution in [0.25, 0.3) is 0 Å². The highest BCUT2D eigenvalue weighted by molar-refractivity contribution is 5.84. The van der Waals surface area contributed by atoms with Crippen LogP contribution >= 0.6 is 0 Å². The van der Waals surface area contributed by atoms with E-state index in [2.05, 4.69) is 10.5 Å². The number of aromatic hydroxyl groups is 1. The molecule has 9 nitrogen and oxygen atoms in total. The van der Waals surface area contributed by atoms with E-state index in [1.54, 1.807) is 18.2 Å². The SMILES string of the molecule is O=[N+]([O-])c1ccc(NN=Cc2cc(Cc3ccccc3)ccc2O)c([N+](=O)[O-])c1. The molecule has 0 fully saturated rings. The third kappa shape index (κ3) is 4.92. The summed E-state index contributed by atoms with van der Waals surface area (Å²) in [6, 6.07) is 18.1. The van der Waals surface area contributed by atoms with Crippen LogP contribution in [0.2, 0.25) is 0 Å². The fraction of sp³-hybridized carbons (Fsp3) is 0.0500. The van der Waals surface area contributed by atoms with Crippen LogP contribution in [0.4, 0.5) is 17.1 Å². The lowest BCUT2D eigenvalue weighted by Gasteiger charge is -2.06. The van der Waals surface area contributed by atoms with Crippen LogP contribution in [-0.4, -0.2) is 21.2 Å². The van der Waals surface area contributed by atoms with E-state index < -0.39 is 21.2 Å². The van der Waals surface area contributed by atoms with Crippen molar-refractivity contribution in [3.63, 3.8) is 0 Å². The Bertz CT molecular complexity index is 1080. The summed E-state index contributed by atoms with van der Waals surface area (Å²) in [6.07, 6.45) is 2.00. The average molecular weight is 392 g/mol. The van der Waals surface area contributed by atoms with E-state index in [9.17, 15) is 25.3 Å². The average Bonchev–Trinajstić information content (AvgIpc) is 2.71. The lowest BCUT2D eigenvalue weighted by Crippen LogP contribution is -1.99. The summed E-state index contributed by atoms with van der Waals surface area (Å²) in [6.45, 7) is 0. The number of nitro groups is 2. The van der Waals surface area contributed by atoms with Gasteiger partial charge < -0.3 is 5.11 Å². The molecule has 0 bridgehead atoms. The monoisotopic (exact) mass is 392 g/mol.